The van der Waals surface area contributed by atoms with Crippen molar-refractivity contribution in [3.8, 4) is 11.5 Å². The third-order valence-corrected chi connectivity index (χ3v) is 2.57. The van der Waals surface area contributed by atoms with Gasteiger partial charge in [-0.25, -0.2) is 0 Å². The molecule has 6 nitrogen and oxygen atoms in total. The zero-order valence-corrected chi connectivity index (χ0v) is 10.3. The predicted molar refractivity (Wildman–Crippen MR) is 76.6 cm³/mol. The number of hydrogen-bond donors (Lipinski definition) is 2. The summed E-state index contributed by atoms with van der Waals surface area (Å²) in [6.45, 7) is 0. The Bertz CT molecular complexity index is 646. The van der Waals surface area contributed by atoms with Gasteiger partial charge in [-0.05, 0) is 12.1 Å². The molecule has 19 heavy (non-hydrogen) atoms. The van der Waals surface area contributed by atoms with E-state index in [0.29, 0.717) is 11.5 Å². The fourth-order valence-electron chi connectivity index (χ4n) is 1.65. The van der Waals surface area contributed by atoms with Crippen LogP contribution < -0.4 is 21.7 Å². The minimum absolute atomic E-state index is 0.0156. The molecule has 96 valence electrons. The van der Waals surface area contributed by atoms with E-state index in [9.17, 15) is 10.1 Å². The lowest BCUT2D eigenvalue weighted by Crippen LogP contribution is -2.02. The number of ether oxygens (including phenoxy) is 1. The van der Waals surface area contributed by atoms with Crippen LogP contribution in [0.4, 0.5) is 17.1 Å². The Hall–Kier alpha value is -2.70. The van der Waals surface area contributed by atoms with Crippen molar-refractivity contribution in [3.05, 3.63) is 46.5 Å². The predicted octanol–water partition coefficient (Wildman–Crippen LogP) is 0.810. The molecule has 0 aliphatic heterocycles. The molecular formula is C12H12BN3O3. The van der Waals surface area contributed by atoms with Gasteiger partial charge in [0.2, 0.25) is 0 Å². The summed E-state index contributed by atoms with van der Waals surface area (Å²) in [5, 5.41) is 10.7. The van der Waals surface area contributed by atoms with E-state index in [-0.39, 0.29) is 17.1 Å². The molecular weight excluding hydrogens is 245 g/mol. The average molecular weight is 257 g/mol. The van der Waals surface area contributed by atoms with E-state index in [2.05, 4.69) is 0 Å². The Morgan fingerprint density at radius 1 is 1.16 bits per heavy atom. The summed E-state index contributed by atoms with van der Waals surface area (Å²) < 4.78 is 5.58. The first kappa shape index (κ1) is 12.8. The Morgan fingerprint density at radius 2 is 1.89 bits per heavy atom. The van der Waals surface area contributed by atoms with Gasteiger partial charge in [0.05, 0.1) is 10.6 Å². The van der Waals surface area contributed by atoms with E-state index < -0.39 is 4.92 Å². The monoisotopic (exact) mass is 257 g/mol. The molecule has 2 aromatic carbocycles. The lowest BCUT2D eigenvalue weighted by molar-refractivity contribution is -0.383. The summed E-state index contributed by atoms with van der Waals surface area (Å²) in [6.07, 6.45) is 0. The second-order valence-corrected chi connectivity index (χ2v) is 4.12. The summed E-state index contributed by atoms with van der Waals surface area (Å²) in [6, 6.07) is 9.92. The highest BCUT2D eigenvalue weighted by molar-refractivity contribution is 6.32. The number of benzene rings is 2. The quantitative estimate of drug-likeness (QED) is 0.366. The Labute approximate surface area is 110 Å². The molecule has 0 saturated heterocycles. The molecule has 0 fully saturated rings. The molecule has 4 N–H and O–H groups in total. The largest absolute Gasteiger partial charge is 0.455 e. The molecule has 0 spiro atoms. The maximum Gasteiger partial charge on any atom is 0.294 e. The van der Waals surface area contributed by atoms with Crippen LogP contribution in [0, 0.1) is 10.1 Å². The number of nitrogens with two attached hydrogens (primary N) is 2. The smallest absolute Gasteiger partial charge is 0.294 e. The highest BCUT2D eigenvalue weighted by Crippen LogP contribution is 2.34. The number of rotatable bonds is 3. The Balaban J connectivity index is 2.36. The summed E-state index contributed by atoms with van der Waals surface area (Å²) in [5.74, 6) is 0.897. The molecule has 0 radical (unpaired) electrons. The summed E-state index contributed by atoms with van der Waals surface area (Å²) in [7, 11) is 1.93. The topological polar surface area (TPSA) is 104 Å². The van der Waals surface area contributed by atoms with E-state index in [0.717, 1.165) is 5.46 Å². The van der Waals surface area contributed by atoms with Crippen molar-refractivity contribution in [1.82, 2.24) is 0 Å². The van der Waals surface area contributed by atoms with Crippen molar-refractivity contribution < 1.29 is 9.66 Å². The van der Waals surface area contributed by atoms with Crippen LogP contribution in [0.15, 0.2) is 36.4 Å². The van der Waals surface area contributed by atoms with Crippen LogP contribution in [-0.4, -0.2) is 12.8 Å². The normalized spacial score (nSPS) is 10.1. The molecule has 0 amide bonds. The van der Waals surface area contributed by atoms with Gasteiger partial charge >= 0.3 is 0 Å². The zero-order chi connectivity index (χ0) is 14.0. The molecule has 0 aliphatic carbocycles. The number of anilines is 2. The van der Waals surface area contributed by atoms with Crippen LogP contribution in [0.25, 0.3) is 0 Å². The highest BCUT2D eigenvalue weighted by atomic mass is 16.6. The van der Waals surface area contributed by atoms with Gasteiger partial charge in [-0.15, -0.1) is 0 Å². The average Bonchev–Trinajstić information content (AvgIpc) is 2.33. The minimum atomic E-state index is -0.581. The maximum atomic E-state index is 10.7. The molecule has 7 heteroatoms. The van der Waals surface area contributed by atoms with E-state index in [4.69, 9.17) is 16.2 Å². The zero-order valence-electron chi connectivity index (χ0n) is 10.3. The van der Waals surface area contributed by atoms with Crippen molar-refractivity contribution >= 4 is 30.4 Å². The first-order chi connectivity index (χ1) is 8.97. The molecule has 2 rings (SSSR count). The first-order valence-corrected chi connectivity index (χ1v) is 5.55. The Kier molecular flexibility index (Phi) is 3.28. The highest BCUT2D eigenvalue weighted by Gasteiger charge is 2.15. The number of nitrogen functional groups attached to an aromatic ring is 2. The lowest BCUT2D eigenvalue weighted by Gasteiger charge is -2.10. The molecule has 0 heterocycles. The second kappa shape index (κ2) is 4.89. The first-order valence-electron chi connectivity index (χ1n) is 5.55. The standard InChI is InChI=1S/C12H12BN3O3/c13-7-2-1-3-8(4-7)19-12-6-9(14)11(16(17)18)5-10(12)15/h1-6H,13-15H2. The molecule has 0 saturated carbocycles. The van der Waals surface area contributed by atoms with Gasteiger partial charge in [0.25, 0.3) is 5.69 Å². The summed E-state index contributed by atoms with van der Waals surface area (Å²) in [5.41, 5.74) is 12.3. The van der Waals surface area contributed by atoms with E-state index in [1.54, 1.807) is 6.07 Å². The number of nitro groups is 1. The van der Waals surface area contributed by atoms with Crippen molar-refractivity contribution in [2.24, 2.45) is 0 Å². The maximum absolute atomic E-state index is 10.7. The van der Waals surface area contributed by atoms with Gasteiger partial charge in [-0.2, -0.15) is 0 Å². The van der Waals surface area contributed by atoms with Gasteiger partial charge in [0, 0.05) is 12.1 Å². The number of hydrogen-bond acceptors (Lipinski definition) is 5. The van der Waals surface area contributed by atoms with E-state index in [1.165, 1.54) is 12.1 Å². The number of nitro benzene ring substituents is 1. The minimum Gasteiger partial charge on any atom is -0.455 e. The summed E-state index contributed by atoms with van der Waals surface area (Å²) in [4.78, 5) is 10.1. The van der Waals surface area contributed by atoms with E-state index >= 15 is 0 Å². The van der Waals surface area contributed by atoms with Gasteiger partial charge in [0.1, 0.15) is 19.3 Å². The molecule has 2 aromatic rings. The van der Waals surface area contributed by atoms with Crippen molar-refractivity contribution in [1.29, 1.82) is 0 Å². The van der Waals surface area contributed by atoms with Crippen LogP contribution in [0.2, 0.25) is 0 Å². The van der Waals surface area contributed by atoms with E-state index in [1.807, 2.05) is 26.0 Å². The van der Waals surface area contributed by atoms with Crippen LogP contribution in [0.3, 0.4) is 0 Å². The van der Waals surface area contributed by atoms with Gasteiger partial charge in [0.15, 0.2) is 5.75 Å². The molecule has 0 unspecified atom stereocenters. The van der Waals surface area contributed by atoms with Crippen LogP contribution in [-0.2, 0) is 0 Å². The molecule has 0 bridgehead atoms. The fraction of sp³-hybridized carbons (Fsp3) is 0. The third-order valence-electron chi connectivity index (χ3n) is 2.57. The van der Waals surface area contributed by atoms with Gasteiger partial charge in [-0.1, -0.05) is 17.6 Å². The SMILES string of the molecule is Bc1cccc(Oc2cc(N)c([N+](=O)[O-])cc2N)c1. The molecule has 0 aliphatic rings. The van der Waals surface area contributed by atoms with Crippen LogP contribution >= 0.6 is 0 Å². The van der Waals surface area contributed by atoms with Gasteiger partial charge < -0.3 is 16.2 Å². The van der Waals surface area contributed by atoms with Crippen LogP contribution in [0.1, 0.15) is 0 Å². The van der Waals surface area contributed by atoms with Crippen molar-refractivity contribution in [3.63, 3.8) is 0 Å². The fourth-order valence-corrected chi connectivity index (χ4v) is 1.65. The number of nitrogens with zero attached hydrogens (tertiary/aromatic N) is 1. The van der Waals surface area contributed by atoms with Crippen molar-refractivity contribution in [2.45, 2.75) is 0 Å². The van der Waals surface area contributed by atoms with Gasteiger partial charge in [-0.3, -0.25) is 10.1 Å². The summed E-state index contributed by atoms with van der Waals surface area (Å²) >= 11 is 0. The van der Waals surface area contributed by atoms with Crippen LogP contribution in [0.5, 0.6) is 11.5 Å². The molecule has 0 aromatic heterocycles. The molecule has 0 atom stereocenters. The third kappa shape index (κ3) is 2.76. The second-order valence-electron chi connectivity index (χ2n) is 4.12. The Morgan fingerprint density at radius 3 is 2.53 bits per heavy atom. The lowest BCUT2D eigenvalue weighted by atomic mass is 9.96. The van der Waals surface area contributed by atoms with Crippen molar-refractivity contribution in [2.75, 3.05) is 11.5 Å².